The maximum atomic E-state index is 12.4. The van der Waals surface area contributed by atoms with Crippen molar-refractivity contribution in [2.75, 3.05) is 30.3 Å². The number of carbonyl (C=O) groups is 2. The van der Waals surface area contributed by atoms with Crippen molar-refractivity contribution in [3.05, 3.63) is 24.3 Å². The van der Waals surface area contributed by atoms with E-state index in [9.17, 15) is 9.59 Å². The van der Waals surface area contributed by atoms with Gasteiger partial charge in [0.25, 0.3) is 0 Å². The van der Waals surface area contributed by atoms with Crippen molar-refractivity contribution >= 4 is 23.4 Å². The predicted molar refractivity (Wildman–Crippen MR) is 96.9 cm³/mol. The molecule has 1 aliphatic heterocycles. The van der Waals surface area contributed by atoms with E-state index in [2.05, 4.69) is 16.0 Å². The van der Waals surface area contributed by atoms with E-state index in [1.807, 2.05) is 6.92 Å². The molecule has 0 unspecified atom stereocenters. The first kappa shape index (κ1) is 17.5. The third kappa shape index (κ3) is 5.35. The van der Waals surface area contributed by atoms with Crippen LogP contribution in [0.3, 0.4) is 0 Å². The van der Waals surface area contributed by atoms with Crippen LogP contribution in [-0.4, -0.2) is 48.8 Å². The molecule has 7 heteroatoms. The standard InChI is InChI=1S/C18H26N4O3/c1-2-25-16-4-3-11-22(12-16)18(24)21-15-9-7-14(8-10-15)20-17(23)19-13-5-6-13/h7-10,13,16H,2-6,11-12H2,1H3,(H,21,24)(H2,19,20,23)/t16-/m0/s1. The summed E-state index contributed by atoms with van der Waals surface area (Å²) in [6, 6.07) is 7.15. The van der Waals surface area contributed by atoms with Crippen LogP contribution in [0.15, 0.2) is 24.3 Å². The maximum Gasteiger partial charge on any atom is 0.321 e. The van der Waals surface area contributed by atoms with E-state index in [-0.39, 0.29) is 18.2 Å². The molecule has 7 nitrogen and oxygen atoms in total. The molecule has 1 atom stereocenters. The summed E-state index contributed by atoms with van der Waals surface area (Å²) in [5, 5.41) is 8.56. The highest BCUT2D eigenvalue weighted by molar-refractivity contribution is 5.91. The number of carbonyl (C=O) groups excluding carboxylic acids is 2. The van der Waals surface area contributed by atoms with Crippen LogP contribution >= 0.6 is 0 Å². The lowest BCUT2D eigenvalue weighted by atomic mass is 10.1. The van der Waals surface area contributed by atoms with Crippen LogP contribution in [0.4, 0.5) is 21.0 Å². The van der Waals surface area contributed by atoms with Crippen molar-refractivity contribution in [3.63, 3.8) is 0 Å². The van der Waals surface area contributed by atoms with Gasteiger partial charge >= 0.3 is 12.1 Å². The number of nitrogens with zero attached hydrogens (tertiary/aromatic N) is 1. The Morgan fingerprint density at radius 3 is 2.44 bits per heavy atom. The van der Waals surface area contributed by atoms with E-state index < -0.39 is 0 Å². The Labute approximate surface area is 148 Å². The fourth-order valence-electron chi connectivity index (χ4n) is 2.91. The predicted octanol–water partition coefficient (Wildman–Crippen LogP) is 3.00. The summed E-state index contributed by atoms with van der Waals surface area (Å²) in [7, 11) is 0. The van der Waals surface area contributed by atoms with Gasteiger partial charge in [0.05, 0.1) is 6.10 Å². The number of ether oxygens (including phenoxy) is 1. The molecule has 1 aromatic rings. The van der Waals surface area contributed by atoms with Gasteiger partial charge in [-0.1, -0.05) is 0 Å². The van der Waals surface area contributed by atoms with Gasteiger partial charge < -0.3 is 25.6 Å². The molecule has 3 N–H and O–H groups in total. The van der Waals surface area contributed by atoms with E-state index in [0.717, 1.165) is 32.2 Å². The summed E-state index contributed by atoms with van der Waals surface area (Å²) in [5.74, 6) is 0. The molecule has 1 heterocycles. The number of hydrogen-bond acceptors (Lipinski definition) is 3. The Morgan fingerprint density at radius 1 is 1.12 bits per heavy atom. The van der Waals surface area contributed by atoms with Gasteiger partial charge in [0.2, 0.25) is 0 Å². The SMILES string of the molecule is CCO[C@H]1CCCN(C(=O)Nc2ccc(NC(=O)NC3CC3)cc2)C1. The molecule has 1 saturated carbocycles. The first-order valence-corrected chi connectivity index (χ1v) is 8.99. The van der Waals surface area contributed by atoms with Gasteiger partial charge in [0.15, 0.2) is 0 Å². The Bertz CT molecular complexity index is 599. The minimum absolute atomic E-state index is 0.114. The average molecular weight is 346 g/mol. The molecular weight excluding hydrogens is 320 g/mol. The first-order chi connectivity index (χ1) is 12.1. The lowest BCUT2D eigenvalue weighted by Crippen LogP contribution is -2.45. The number of piperidine rings is 1. The zero-order valence-corrected chi connectivity index (χ0v) is 14.6. The van der Waals surface area contributed by atoms with E-state index >= 15 is 0 Å². The normalized spacial score (nSPS) is 20.0. The van der Waals surface area contributed by atoms with Gasteiger partial charge in [-0.2, -0.15) is 0 Å². The van der Waals surface area contributed by atoms with Crippen LogP contribution < -0.4 is 16.0 Å². The Morgan fingerprint density at radius 2 is 1.80 bits per heavy atom. The van der Waals surface area contributed by atoms with Crippen molar-refractivity contribution in [1.29, 1.82) is 0 Å². The summed E-state index contributed by atoms with van der Waals surface area (Å²) >= 11 is 0. The molecule has 0 bridgehead atoms. The molecule has 1 aliphatic carbocycles. The molecule has 1 aromatic carbocycles. The average Bonchev–Trinajstić information content (AvgIpc) is 3.41. The quantitative estimate of drug-likeness (QED) is 0.766. The molecule has 0 radical (unpaired) electrons. The molecule has 2 aliphatic rings. The van der Waals surface area contributed by atoms with E-state index in [1.165, 1.54) is 0 Å². The van der Waals surface area contributed by atoms with Crippen LogP contribution in [0.1, 0.15) is 32.6 Å². The lowest BCUT2D eigenvalue weighted by Gasteiger charge is -2.32. The van der Waals surface area contributed by atoms with Gasteiger partial charge in [-0.25, -0.2) is 9.59 Å². The molecular formula is C18H26N4O3. The van der Waals surface area contributed by atoms with Crippen molar-refractivity contribution < 1.29 is 14.3 Å². The van der Waals surface area contributed by atoms with E-state index in [4.69, 9.17) is 4.74 Å². The molecule has 4 amide bonds. The second-order valence-corrected chi connectivity index (χ2v) is 6.55. The number of nitrogens with one attached hydrogen (secondary N) is 3. The maximum absolute atomic E-state index is 12.4. The summed E-state index contributed by atoms with van der Waals surface area (Å²) in [6.45, 7) is 4.01. The fraction of sp³-hybridized carbons (Fsp3) is 0.556. The molecule has 0 spiro atoms. The fourth-order valence-corrected chi connectivity index (χ4v) is 2.91. The van der Waals surface area contributed by atoms with Gasteiger partial charge in [-0.05, 0) is 56.9 Å². The molecule has 25 heavy (non-hydrogen) atoms. The summed E-state index contributed by atoms with van der Waals surface area (Å²) in [4.78, 5) is 25.9. The smallest absolute Gasteiger partial charge is 0.321 e. The lowest BCUT2D eigenvalue weighted by molar-refractivity contribution is 0.0181. The minimum atomic E-state index is -0.186. The topological polar surface area (TPSA) is 82.7 Å². The van der Waals surface area contributed by atoms with Gasteiger partial charge in [-0.3, -0.25) is 0 Å². The molecule has 136 valence electrons. The number of anilines is 2. The molecule has 1 saturated heterocycles. The number of urea groups is 2. The van der Waals surface area contributed by atoms with Crippen molar-refractivity contribution in [1.82, 2.24) is 10.2 Å². The highest BCUT2D eigenvalue weighted by atomic mass is 16.5. The van der Waals surface area contributed by atoms with Crippen molar-refractivity contribution in [2.24, 2.45) is 0 Å². The minimum Gasteiger partial charge on any atom is -0.377 e. The second kappa shape index (κ2) is 8.20. The summed E-state index contributed by atoms with van der Waals surface area (Å²) < 4.78 is 5.63. The van der Waals surface area contributed by atoms with Crippen LogP contribution in [0.25, 0.3) is 0 Å². The zero-order chi connectivity index (χ0) is 17.6. The van der Waals surface area contributed by atoms with Crippen LogP contribution in [-0.2, 0) is 4.74 Å². The van der Waals surface area contributed by atoms with Gasteiger partial charge in [0, 0.05) is 37.1 Å². The van der Waals surface area contributed by atoms with Crippen molar-refractivity contribution in [3.8, 4) is 0 Å². The molecule has 0 aromatic heterocycles. The first-order valence-electron chi connectivity index (χ1n) is 8.99. The summed E-state index contributed by atoms with van der Waals surface area (Å²) in [5.41, 5.74) is 1.40. The third-order valence-electron chi connectivity index (χ3n) is 4.37. The number of likely N-dealkylation sites (tertiary alicyclic amines) is 1. The largest absolute Gasteiger partial charge is 0.377 e. The number of hydrogen-bond donors (Lipinski definition) is 3. The summed E-state index contributed by atoms with van der Waals surface area (Å²) in [6.07, 6.45) is 4.19. The van der Waals surface area contributed by atoms with Gasteiger partial charge in [0.1, 0.15) is 0 Å². The molecule has 3 rings (SSSR count). The Kier molecular flexibility index (Phi) is 5.75. The number of amides is 4. The van der Waals surface area contributed by atoms with Gasteiger partial charge in [-0.15, -0.1) is 0 Å². The van der Waals surface area contributed by atoms with Crippen LogP contribution in [0.5, 0.6) is 0 Å². The second-order valence-electron chi connectivity index (χ2n) is 6.55. The van der Waals surface area contributed by atoms with E-state index in [0.29, 0.717) is 30.6 Å². The highest BCUT2D eigenvalue weighted by Gasteiger charge is 2.24. The third-order valence-corrected chi connectivity index (χ3v) is 4.37. The Balaban J connectivity index is 1.48. The highest BCUT2D eigenvalue weighted by Crippen LogP contribution is 2.20. The van der Waals surface area contributed by atoms with E-state index in [1.54, 1.807) is 29.2 Å². The number of rotatable bonds is 5. The van der Waals surface area contributed by atoms with Crippen LogP contribution in [0, 0.1) is 0 Å². The number of benzene rings is 1. The monoisotopic (exact) mass is 346 g/mol. The zero-order valence-electron chi connectivity index (χ0n) is 14.6. The van der Waals surface area contributed by atoms with Crippen molar-refractivity contribution in [2.45, 2.75) is 44.8 Å². The van der Waals surface area contributed by atoms with Crippen LogP contribution in [0.2, 0.25) is 0 Å². The molecule has 2 fully saturated rings. The Hall–Kier alpha value is -2.28.